The number of hydrogen-bond donors (Lipinski definition) is 0. The van der Waals surface area contributed by atoms with Gasteiger partial charge in [0.1, 0.15) is 6.10 Å². The van der Waals surface area contributed by atoms with Crippen LogP contribution in [0.1, 0.15) is 13.8 Å². The Bertz CT molecular complexity index is 750. The average molecular weight is 281 g/mol. The van der Waals surface area contributed by atoms with Crippen molar-refractivity contribution in [2.45, 2.75) is 32.3 Å². The van der Waals surface area contributed by atoms with Gasteiger partial charge in [0.05, 0.1) is 13.2 Å². The Morgan fingerprint density at radius 2 is 1.57 bits per heavy atom. The maximum Gasteiger partial charge on any atom is 0.163 e. The van der Waals surface area contributed by atoms with Gasteiger partial charge >= 0.3 is 0 Å². The van der Waals surface area contributed by atoms with E-state index in [2.05, 4.69) is 53.1 Å². The van der Waals surface area contributed by atoms with E-state index in [1.165, 1.54) is 21.8 Å². The van der Waals surface area contributed by atoms with E-state index in [9.17, 15) is 0 Å². The molecule has 0 spiro atoms. The molecule has 0 radical (unpaired) electrons. The van der Waals surface area contributed by atoms with Crippen molar-refractivity contribution >= 4 is 21.8 Å². The van der Waals surface area contributed by atoms with Crippen molar-refractivity contribution in [1.82, 2.24) is 4.57 Å². The van der Waals surface area contributed by atoms with E-state index in [-0.39, 0.29) is 6.10 Å². The number of benzene rings is 2. The minimum absolute atomic E-state index is 0.0965. The smallest absolute Gasteiger partial charge is 0.163 e. The Hall–Kier alpha value is -1.84. The fourth-order valence-corrected chi connectivity index (χ4v) is 3.26. The van der Waals surface area contributed by atoms with Crippen LogP contribution in [0.2, 0.25) is 0 Å². The van der Waals surface area contributed by atoms with Crippen molar-refractivity contribution in [3.63, 3.8) is 0 Å². The number of hydrogen-bond acceptors (Lipinski definition) is 2. The molecule has 1 aliphatic heterocycles. The van der Waals surface area contributed by atoms with Crippen molar-refractivity contribution in [1.29, 1.82) is 0 Å². The molecule has 2 aromatic carbocycles. The maximum atomic E-state index is 5.98. The van der Waals surface area contributed by atoms with Gasteiger partial charge in [-0.3, -0.25) is 0 Å². The van der Waals surface area contributed by atoms with Gasteiger partial charge in [-0.1, -0.05) is 36.4 Å². The quantitative estimate of drug-likeness (QED) is 0.710. The third kappa shape index (κ3) is 2.13. The molecule has 0 bridgehead atoms. The van der Waals surface area contributed by atoms with Gasteiger partial charge in [-0.15, -0.1) is 0 Å². The normalized spacial score (nSPS) is 21.3. The Labute approximate surface area is 124 Å². The minimum Gasteiger partial charge on any atom is -0.348 e. The van der Waals surface area contributed by atoms with Gasteiger partial charge < -0.3 is 14.0 Å². The molecular weight excluding hydrogens is 262 g/mol. The van der Waals surface area contributed by atoms with Crippen LogP contribution < -0.4 is 0 Å². The van der Waals surface area contributed by atoms with E-state index in [0.29, 0.717) is 6.61 Å². The molecule has 1 aliphatic rings. The SMILES string of the molecule is CC1(C)OC[C@@H](Cn2c3ccccc3c3ccccc32)O1. The van der Waals surface area contributed by atoms with Gasteiger partial charge in [-0.2, -0.15) is 0 Å². The third-order valence-electron chi connectivity index (χ3n) is 4.13. The highest BCUT2D eigenvalue weighted by Gasteiger charge is 2.33. The van der Waals surface area contributed by atoms with Gasteiger partial charge in [-0.05, 0) is 26.0 Å². The zero-order valence-electron chi connectivity index (χ0n) is 12.4. The second-order valence-electron chi connectivity index (χ2n) is 6.10. The van der Waals surface area contributed by atoms with Crippen molar-refractivity contribution in [3.05, 3.63) is 48.5 Å². The van der Waals surface area contributed by atoms with E-state index < -0.39 is 5.79 Å². The molecule has 3 heteroatoms. The zero-order valence-corrected chi connectivity index (χ0v) is 12.4. The van der Waals surface area contributed by atoms with E-state index in [4.69, 9.17) is 9.47 Å². The van der Waals surface area contributed by atoms with Crippen molar-refractivity contribution in [3.8, 4) is 0 Å². The number of para-hydroxylation sites is 2. The standard InChI is InChI=1S/C18H19NO2/c1-18(2)20-12-13(21-18)11-19-16-9-5-3-7-14(16)15-8-4-6-10-17(15)19/h3-10,13H,11-12H2,1-2H3/t13-/m1/s1. The Morgan fingerprint density at radius 3 is 2.10 bits per heavy atom. The molecule has 1 atom stereocenters. The molecular formula is C18H19NO2. The summed E-state index contributed by atoms with van der Waals surface area (Å²) in [5, 5.41) is 2.59. The molecule has 2 heterocycles. The molecule has 4 rings (SSSR count). The maximum absolute atomic E-state index is 5.98. The summed E-state index contributed by atoms with van der Waals surface area (Å²) >= 11 is 0. The lowest BCUT2D eigenvalue weighted by molar-refractivity contribution is -0.139. The first-order valence-electron chi connectivity index (χ1n) is 7.42. The molecule has 1 aromatic heterocycles. The van der Waals surface area contributed by atoms with Gasteiger partial charge in [0.25, 0.3) is 0 Å². The minimum atomic E-state index is -0.469. The van der Waals surface area contributed by atoms with E-state index >= 15 is 0 Å². The lowest BCUT2D eigenvalue weighted by atomic mass is 10.2. The summed E-state index contributed by atoms with van der Waals surface area (Å²) in [5.41, 5.74) is 2.51. The molecule has 0 aliphatic carbocycles. The molecule has 3 nitrogen and oxygen atoms in total. The van der Waals surface area contributed by atoms with Crippen LogP contribution in [0.25, 0.3) is 21.8 Å². The summed E-state index contributed by atoms with van der Waals surface area (Å²) in [6.07, 6.45) is 0.0965. The van der Waals surface area contributed by atoms with Crippen LogP contribution in [-0.4, -0.2) is 23.1 Å². The van der Waals surface area contributed by atoms with Crippen molar-refractivity contribution in [2.24, 2.45) is 0 Å². The lowest BCUT2D eigenvalue weighted by Gasteiger charge is -2.18. The van der Waals surface area contributed by atoms with Crippen LogP contribution in [0.3, 0.4) is 0 Å². The van der Waals surface area contributed by atoms with Crippen LogP contribution in [0.4, 0.5) is 0 Å². The summed E-state index contributed by atoms with van der Waals surface area (Å²) in [7, 11) is 0. The third-order valence-corrected chi connectivity index (χ3v) is 4.13. The number of fused-ring (bicyclic) bond motifs is 3. The summed E-state index contributed by atoms with van der Waals surface area (Å²) in [6.45, 7) is 5.41. The number of aromatic nitrogens is 1. The first kappa shape index (κ1) is 12.9. The second kappa shape index (κ2) is 4.58. The Morgan fingerprint density at radius 1 is 1.00 bits per heavy atom. The van der Waals surface area contributed by atoms with Crippen LogP contribution in [-0.2, 0) is 16.0 Å². The molecule has 1 saturated heterocycles. The van der Waals surface area contributed by atoms with Gasteiger partial charge in [0.15, 0.2) is 5.79 Å². The Balaban J connectivity index is 1.83. The molecule has 3 aromatic rings. The van der Waals surface area contributed by atoms with Crippen LogP contribution in [0.5, 0.6) is 0 Å². The number of rotatable bonds is 2. The van der Waals surface area contributed by atoms with E-state index in [1.807, 2.05) is 13.8 Å². The Kier molecular flexibility index (Phi) is 2.81. The fourth-order valence-electron chi connectivity index (χ4n) is 3.26. The van der Waals surface area contributed by atoms with Crippen LogP contribution >= 0.6 is 0 Å². The second-order valence-corrected chi connectivity index (χ2v) is 6.10. The first-order valence-corrected chi connectivity index (χ1v) is 7.42. The predicted octanol–water partition coefficient (Wildman–Crippen LogP) is 3.95. The summed E-state index contributed by atoms with van der Waals surface area (Å²) in [4.78, 5) is 0. The fraction of sp³-hybridized carbons (Fsp3) is 0.333. The monoisotopic (exact) mass is 281 g/mol. The van der Waals surface area contributed by atoms with E-state index in [0.717, 1.165) is 6.54 Å². The van der Waals surface area contributed by atoms with Gasteiger partial charge in [0.2, 0.25) is 0 Å². The summed E-state index contributed by atoms with van der Waals surface area (Å²) in [5.74, 6) is -0.469. The van der Waals surface area contributed by atoms with Crippen molar-refractivity contribution in [2.75, 3.05) is 6.61 Å². The highest BCUT2D eigenvalue weighted by Crippen LogP contribution is 2.31. The molecule has 0 saturated carbocycles. The molecule has 1 fully saturated rings. The number of ether oxygens (including phenoxy) is 2. The largest absolute Gasteiger partial charge is 0.348 e. The topological polar surface area (TPSA) is 23.4 Å². The summed E-state index contributed by atoms with van der Waals surface area (Å²) < 4.78 is 14.0. The predicted molar refractivity (Wildman–Crippen MR) is 84.3 cm³/mol. The van der Waals surface area contributed by atoms with Crippen molar-refractivity contribution < 1.29 is 9.47 Å². The molecule has 108 valence electrons. The first-order chi connectivity index (χ1) is 10.1. The molecule has 0 unspecified atom stereocenters. The highest BCUT2D eigenvalue weighted by molar-refractivity contribution is 6.07. The van der Waals surface area contributed by atoms with E-state index in [1.54, 1.807) is 0 Å². The van der Waals surface area contributed by atoms with Gasteiger partial charge in [-0.25, -0.2) is 0 Å². The van der Waals surface area contributed by atoms with Crippen LogP contribution in [0, 0.1) is 0 Å². The highest BCUT2D eigenvalue weighted by atomic mass is 16.7. The molecule has 0 amide bonds. The molecule has 0 N–H and O–H groups in total. The molecule has 21 heavy (non-hydrogen) atoms. The van der Waals surface area contributed by atoms with Crippen LogP contribution in [0.15, 0.2) is 48.5 Å². The average Bonchev–Trinajstić information content (AvgIpc) is 2.99. The zero-order chi connectivity index (χ0) is 14.4. The summed E-state index contributed by atoms with van der Waals surface area (Å²) in [6, 6.07) is 17.1. The lowest BCUT2D eigenvalue weighted by Crippen LogP contribution is -2.24. The van der Waals surface area contributed by atoms with Gasteiger partial charge in [0, 0.05) is 21.8 Å². The number of nitrogens with zero attached hydrogens (tertiary/aromatic N) is 1.